The van der Waals surface area contributed by atoms with Gasteiger partial charge in [0.15, 0.2) is 11.7 Å². The topological polar surface area (TPSA) is 53.8 Å². The van der Waals surface area contributed by atoms with E-state index in [2.05, 4.69) is 38.8 Å². The van der Waals surface area contributed by atoms with Crippen LogP contribution in [0.1, 0.15) is 10.8 Å². The van der Waals surface area contributed by atoms with Crippen LogP contribution in [-0.2, 0) is 6.54 Å². The highest BCUT2D eigenvalue weighted by atomic mass is 35.5. The predicted octanol–water partition coefficient (Wildman–Crippen LogP) is 4.76. The van der Waals surface area contributed by atoms with E-state index in [9.17, 15) is 0 Å². The summed E-state index contributed by atoms with van der Waals surface area (Å²) in [6.45, 7) is 10.4. The number of nitrogens with zero attached hydrogens (tertiary/aromatic N) is 3. The highest BCUT2D eigenvalue weighted by molar-refractivity contribution is 7.16. The average molecular weight is 445 g/mol. The number of ether oxygens (including phenoxy) is 1. The van der Waals surface area contributed by atoms with Gasteiger partial charge in [0.2, 0.25) is 0 Å². The average Bonchev–Trinajstić information content (AvgIpc) is 3.39. The Morgan fingerprint density at radius 3 is 2.70 bits per heavy atom. The van der Waals surface area contributed by atoms with Gasteiger partial charge in [-0.05, 0) is 24.3 Å². The summed E-state index contributed by atoms with van der Waals surface area (Å²) in [5.74, 6) is 3.10. The van der Waals surface area contributed by atoms with Gasteiger partial charge in [-0.15, -0.1) is 11.3 Å². The third kappa shape index (κ3) is 4.57. The first-order valence-electron chi connectivity index (χ1n) is 9.81. The van der Waals surface area contributed by atoms with Gasteiger partial charge >= 0.3 is 0 Å². The van der Waals surface area contributed by atoms with Crippen molar-refractivity contribution in [2.75, 3.05) is 38.2 Å². The van der Waals surface area contributed by atoms with Crippen LogP contribution in [0.5, 0.6) is 5.75 Å². The van der Waals surface area contributed by atoms with Crippen molar-refractivity contribution in [2.45, 2.75) is 13.5 Å². The normalized spacial score (nSPS) is 14.1. The summed E-state index contributed by atoms with van der Waals surface area (Å²) in [6.07, 6.45) is 1.73. The maximum Gasteiger partial charge on any atom is 0.191 e. The van der Waals surface area contributed by atoms with E-state index >= 15 is 0 Å². The molecule has 6 nitrogen and oxygen atoms in total. The fourth-order valence-electron chi connectivity index (χ4n) is 3.55. The minimum Gasteiger partial charge on any atom is -0.496 e. The van der Waals surface area contributed by atoms with E-state index in [-0.39, 0.29) is 0 Å². The highest BCUT2D eigenvalue weighted by Gasteiger charge is 2.20. The summed E-state index contributed by atoms with van der Waals surface area (Å²) in [6, 6.07) is 10.2. The number of hydrogen-bond acceptors (Lipinski definition) is 7. The Bertz CT molecular complexity index is 1020. The number of rotatable bonds is 7. The van der Waals surface area contributed by atoms with Crippen LogP contribution in [0.25, 0.3) is 11.3 Å². The van der Waals surface area contributed by atoms with Gasteiger partial charge in [0, 0.05) is 49.7 Å². The third-order valence-corrected chi connectivity index (χ3v) is 6.43. The van der Waals surface area contributed by atoms with Crippen molar-refractivity contribution in [1.82, 2.24) is 15.2 Å². The van der Waals surface area contributed by atoms with Gasteiger partial charge in [-0.1, -0.05) is 18.2 Å². The molecule has 1 aliphatic rings. The van der Waals surface area contributed by atoms with Crippen molar-refractivity contribution >= 4 is 28.6 Å². The molecule has 2 aromatic heterocycles. The number of oxazole rings is 1. The quantitative estimate of drug-likeness (QED) is 0.567. The monoisotopic (exact) mass is 444 g/mol. The van der Waals surface area contributed by atoms with Crippen LogP contribution in [0.15, 0.2) is 53.3 Å². The Balaban J connectivity index is 1.36. The molecule has 1 saturated heterocycles. The molecule has 1 aliphatic heterocycles. The van der Waals surface area contributed by atoms with Gasteiger partial charge in [-0.25, -0.2) is 4.98 Å². The lowest BCUT2D eigenvalue weighted by atomic mass is 10.1. The molecule has 0 saturated carbocycles. The number of methoxy groups -OCH3 is 1. The molecular formula is C22H25ClN4O2S. The van der Waals surface area contributed by atoms with Gasteiger partial charge in [0.1, 0.15) is 5.75 Å². The number of aromatic nitrogens is 1. The first-order chi connectivity index (χ1) is 14.5. The van der Waals surface area contributed by atoms with E-state index in [1.165, 1.54) is 4.88 Å². The molecule has 30 heavy (non-hydrogen) atoms. The lowest BCUT2D eigenvalue weighted by Gasteiger charge is -2.38. The minimum atomic E-state index is 0.642. The van der Waals surface area contributed by atoms with Crippen molar-refractivity contribution in [3.8, 4) is 17.1 Å². The molecule has 158 valence electrons. The molecule has 0 aliphatic carbocycles. The zero-order valence-electron chi connectivity index (χ0n) is 17.2. The molecule has 1 aromatic carbocycles. The molecule has 0 radical (unpaired) electrons. The van der Waals surface area contributed by atoms with Crippen LogP contribution in [0.2, 0.25) is 4.34 Å². The first-order valence-corrected chi connectivity index (χ1v) is 11.0. The van der Waals surface area contributed by atoms with E-state index in [1.807, 2.05) is 25.1 Å². The number of nitrogens with one attached hydrogen (secondary N) is 1. The van der Waals surface area contributed by atoms with Crippen molar-refractivity contribution in [1.29, 1.82) is 0 Å². The van der Waals surface area contributed by atoms with Gasteiger partial charge in [-0.3, -0.25) is 0 Å². The van der Waals surface area contributed by atoms with Crippen LogP contribution in [-0.4, -0.2) is 43.2 Å². The molecule has 0 bridgehead atoms. The van der Waals surface area contributed by atoms with Crippen LogP contribution in [0.4, 0.5) is 5.69 Å². The minimum absolute atomic E-state index is 0.642. The summed E-state index contributed by atoms with van der Waals surface area (Å²) < 4.78 is 12.1. The van der Waals surface area contributed by atoms with Gasteiger partial charge in [-0.2, -0.15) is 0 Å². The number of thiophene rings is 1. The third-order valence-electron chi connectivity index (χ3n) is 5.19. The van der Waals surface area contributed by atoms with E-state index in [0.717, 1.165) is 65.6 Å². The number of benzene rings is 1. The molecule has 3 aromatic rings. The molecule has 0 unspecified atom stereocenters. The molecule has 0 amide bonds. The molecule has 1 fully saturated rings. The Morgan fingerprint density at radius 2 is 2.07 bits per heavy atom. The number of aryl methyl sites for hydroxylation is 1. The summed E-state index contributed by atoms with van der Waals surface area (Å²) in [7, 11) is 1.68. The second-order valence-corrected chi connectivity index (χ2v) is 8.91. The summed E-state index contributed by atoms with van der Waals surface area (Å²) >= 11 is 7.59. The molecule has 4 rings (SSSR count). The van der Waals surface area contributed by atoms with Crippen LogP contribution in [0.3, 0.4) is 0 Å². The van der Waals surface area contributed by atoms with Gasteiger partial charge in [0.05, 0.1) is 35.6 Å². The van der Waals surface area contributed by atoms with Crippen molar-refractivity contribution in [3.05, 3.63) is 64.0 Å². The standard InChI is InChI=1S/C22H25ClN4O2S/c1-15(24-13-18-5-7-22(23)30-18)26-8-10-27(11-9-26)17-4-6-19(20(12-17)28-3)21-14-25-16(2)29-21/h4-7,12,14,24H,1,8-11,13H2,2-3H3. The number of piperazine rings is 1. The zero-order chi connectivity index (χ0) is 21.1. The highest BCUT2D eigenvalue weighted by Crippen LogP contribution is 2.34. The van der Waals surface area contributed by atoms with Crippen molar-refractivity contribution < 1.29 is 9.15 Å². The van der Waals surface area contributed by atoms with E-state index < -0.39 is 0 Å². The molecule has 3 heterocycles. The SMILES string of the molecule is C=C(NCc1ccc(Cl)s1)N1CCN(c2ccc(-c3cnc(C)o3)c(OC)c2)CC1. The fraction of sp³-hybridized carbons (Fsp3) is 0.318. The smallest absolute Gasteiger partial charge is 0.191 e. The second-order valence-electron chi connectivity index (χ2n) is 7.11. The maximum atomic E-state index is 6.00. The van der Waals surface area contributed by atoms with Crippen LogP contribution >= 0.6 is 22.9 Å². The lowest BCUT2D eigenvalue weighted by Crippen LogP contribution is -2.47. The van der Waals surface area contributed by atoms with Gasteiger partial charge in [0.25, 0.3) is 0 Å². The number of hydrogen-bond donors (Lipinski definition) is 1. The van der Waals surface area contributed by atoms with Gasteiger partial charge < -0.3 is 24.3 Å². The van der Waals surface area contributed by atoms with E-state index in [0.29, 0.717) is 5.89 Å². The summed E-state index contributed by atoms with van der Waals surface area (Å²) in [4.78, 5) is 10.0. The maximum absolute atomic E-state index is 6.00. The lowest BCUT2D eigenvalue weighted by molar-refractivity contribution is 0.301. The zero-order valence-corrected chi connectivity index (χ0v) is 18.7. The Labute approximate surface area is 185 Å². The first kappa shape index (κ1) is 20.6. The van der Waals surface area contributed by atoms with E-state index in [4.69, 9.17) is 20.8 Å². The second kappa shape index (κ2) is 9.02. The Morgan fingerprint density at radius 1 is 1.27 bits per heavy atom. The molecule has 0 spiro atoms. The predicted molar refractivity (Wildman–Crippen MR) is 122 cm³/mol. The summed E-state index contributed by atoms with van der Waals surface area (Å²) in [5, 5.41) is 3.41. The fourth-order valence-corrected chi connectivity index (χ4v) is 4.58. The Hall–Kier alpha value is -2.64. The van der Waals surface area contributed by atoms with Crippen LogP contribution < -0.4 is 15.0 Å². The Kier molecular flexibility index (Phi) is 6.20. The molecule has 8 heteroatoms. The van der Waals surface area contributed by atoms with Crippen molar-refractivity contribution in [2.24, 2.45) is 0 Å². The summed E-state index contributed by atoms with van der Waals surface area (Å²) in [5.41, 5.74) is 2.05. The van der Waals surface area contributed by atoms with E-state index in [1.54, 1.807) is 24.6 Å². The van der Waals surface area contributed by atoms with Crippen molar-refractivity contribution in [3.63, 3.8) is 0 Å². The van der Waals surface area contributed by atoms with Crippen LogP contribution in [0, 0.1) is 6.92 Å². The molecule has 1 N–H and O–H groups in total. The molecule has 0 atom stereocenters. The number of halogens is 1. The largest absolute Gasteiger partial charge is 0.496 e. The molecular weight excluding hydrogens is 420 g/mol. The number of anilines is 1.